The molecule has 1 heterocycles. The molecule has 0 aliphatic rings. The van der Waals surface area contributed by atoms with Crippen molar-refractivity contribution in [2.24, 2.45) is 0 Å². The van der Waals surface area contributed by atoms with Gasteiger partial charge >= 0.3 is 0 Å². The minimum Gasteiger partial charge on any atom is -0.508 e. The molecule has 112 valence electrons. The second-order valence-corrected chi connectivity index (χ2v) is 4.96. The van der Waals surface area contributed by atoms with Gasteiger partial charge in [-0.2, -0.15) is 0 Å². The van der Waals surface area contributed by atoms with Crippen molar-refractivity contribution in [3.8, 4) is 16.9 Å². The quantitative estimate of drug-likeness (QED) is 0.784. The van der Waals surface area contributed by atoms with E-state index in [0.717, 1.165) is 6.07 Å². The van der Waals surface area contributed by atoms with Gasteiger partial charge in [-0.3, -0.25) is 4.79 Å². The van der Waals surface area contributed by atoms with E-state index in [4.69, 9.17) is 0 Å². The summed E-state index contributed by atoms with van der Waals surface area (Å²) in [6.45, 7) is 2.27. The van der Waals surface area contributed by atoms with Crippen molar-refractivity contribution < 1.29 is 13.9 Å². The zero-order valence-electron chi connectivity index (χ0n) is 11.8. The third-order valence-corrected chi connectivity index (χ3v) is 3.65. The SMILES string of the molecule is CCn1ccc(=O)c2cc(F)c(-c3ccc(O)cc3)c(F)c21. The zero-order chi connectivity index (χ0) is 15.9. The summed E-state index contributed by atoms with van der Waals surface area (Å²) in [6, 6.07) is 7.94. The maximum atomic E-state index is 14.9. The summed E-state index contributed by atoms with van der Waals surface area (Å²) in [5.74, 6) is -1.57. The number of hydrogen-bond acceptors (Lipinski definition) is 2. The predicted octanol–water partition coefficient (Wildman–Crippen LogP) is 3.67. The molecular weight excluding hydrogens is 288 g/mol. The fraction of sp³-hybridized carbons (Fsp3) is 0.118. The average molecular weight is 301 g/mol. The van der Waals surface area contributed by atoms with Gasteiger partial charge in [-0.25, -0.2) is 8.78 Å². The summed E-state index contributed by atoms with van der Waals surface area (Å²) in [4.78, 5) is 11.9. The summed E-state index contributed by atoms with van der Waals surface area (Å²) in [6.07, 6.45) is 1.49. The van der Waals surface area contributed by atoms with Crippen molar-refractivity contribution in [2.75, 3.05) is 0 Å². The van der Waals surface area contributed by atoms with Crippen LogP contribution < -0.4 is 5.43 Å². The molecule has 0 saturated heterocycles. The van der Waals surface area contributed by atoms with Crippen molar-refractivity contribution >= 4 is 10.9 Å². The number of phenols is 1. The first-order valence-corrected chi connectivity index (χ1v) is 6.83. The number of aromatic nitrogens is 1. The van der Waals surface area contributed by atoms with E-state index in [1.807, 2.05) is 6.92 Å². The average Bonchev–Trinajstić information content (AvgIpc) is 2.50. The molecule has 2 aromatic carbocycles. The van der Waals surface area contributed by atoms with Crippen molar-refractivity contribution in [3.05, 3.63) is 64.5 Å². The van der Waals surface area contributed by atoms with Gasteiger partial charge in [0.2, 0.25) is 0 Å². The van der Waals surface area contributed by atoms with Gasteiger partial charge in [-0.05, 0) is 30.7 Å². The Balaban J connectivity index is 2.42. The number of hydrogen-bond donors (Lipinski definition) is 1. The highest BCUT2D eigenvalue weighted by Gasteiger charge is 2.18. The second-order valence-electron chi connectivity index (χ2n) is 4.96. The van der Waals surface area contributed by atoms with E-state index in [1.54, 1.807) is 4.57 Å². The Bertz CT molecular complexity index is 915. The number of rotatable bonds is 2. The number of aryl methyl sites for hydroxylation is 1. The van der Waals surface area contributed by atoms with Crippen LogP contribution in [-0.2, 0) is 6.54 Å². The van der Waals surface area contributed by atoms with Gasteiger partial charge in [0, 0.05) is 18.8 Å². The maximum Gasteiger partial charge on any atom is 0.189 e. The summed E-state index contributed by atoms with van der Waals surface area (Å²) < 4.78 is 30.8. The van der Waals surface area contributed by atoms with Crippen molar-refractivity contribution in [2.45, 2.75) is 13.5 Å². The van der Waals surface area contributed by atoms with Gasteiger partial charge in [-0.1, -0.05) is 12.1 Å². The van der Waals surface area contributed by atoms with Crippen molar-refractivity contribution in [3.63, 3.8) is 0 Å². The number of fused-ring (bicyclic) bond motifs is 1. The molecule has 0 saturated carbocycles. The van der Waals surface area contributed by atoms with E-state index in [-0.39, 0.29) is 22.2 Å². The molecule has 0 atom stereocenters. The predicted molar refractivity (Wildman–Crippen MR) is 80.9 cm³/mol. The van der Waals surface area contributed by atoms with Crippen molar-refractivity contribution in [1.29, 1.82) is 0 Å². The Morgan fingerprint density at radius 2 is 1.82 bits per heavy atom. The lowest BCUT2D eigenvalue weighted by Gasteiger charge is -2.13. The van der Waals surface area contributed by atoms with Gasteiger partial charge in [0.05, 0.1) is 16.5 Å². The molecule has 0 bridgehead atoms. The highest BCUT2D eigenvalue weighted by atomic mass is 19.1. The molecule has 0 fully saturated rings. The maximum absolute atomic E-state index is 14.9. The van der Waals surface area contributed by atoms with E-state index < -0.39 is 17.1 Å². The van der Waals surface area contributed by atoms with Gasteiger partial charge in [0.15, 0.2) is 11.2 Å². The largest absolute Gasteiger partial charge is 0.508 e. The number of halogens is 2. The van der Waals surface area contributed by atoms with Crippen LogP contribution in [0.5, 0.6) is 5.75 Å². The number of nitrogens with zero attached hydrogens (tertiary/aromatic N) is 1. The molecule has 22 heavy (non-hydrogen) atoms. The fourth-order valence-electron chi connectivity index (χ4n) is 2.56. The standard InChI is InChI=1S/C17H13F2NO2/c1-2-20-8-7-14(22)12-9-13(18)15(16(19)17(12)20)10-3-5-11(21)6-4-10/h3-9,21H,2H2,1H3. The van der Waals surface area contributed by atoms with Gasteiger partial charge in [-0.15, -0.1) is 0 Å². The lowest BCUT2D eigenvalue weighted by atomic mass is 10.0. The van der Waals surface area contributed by atoms with E-state index >= 15 is 0 Å². The molecule has 0 amide bonds. The first-order valence-electron chi connectivity index (χ1n) is 6.83. The van der Waals surface area contributed by atoms with E-state index in [0.29, 0.717) is 12.1 Å². The van der Waals surface area contributed by atoms with Gasteiger partial charge in [0.25, 0.3) is 0 Å². The number of aromatic hydroxyl groups is 1. The molecule has 0 aliphatic heterocycles. The molecule has 0 spiro atoms. The summed E-state index contributed by atoms with van der Waals surface area (Å²) in [5, 5.41) is 9.32. The highest BCUT2D eigenvalue weighted by Crippen LogP contribution is 2.31. The first-order chi connectivity index (χ1) is 10.5. The molecule has 0 radical (unpaired) electrons. The fourth-order valence-corrected chi connectivity index (χ4v) is 2.56. The smallest absolute Gasteiger partial charge is 0.189 e. The number of pyridine rings is 1. The third kappa shape index (κ3) is 2.15. The molecule has 3 aromatic rings. The van der Waals surface area contributed by atoms with E-state index in [2.05, 4.69) is 0 Å². The Hall–Kier alpha value is -2.69. The molecule has 1 aromatic heterocycles. The molecule has 0 aliphatic carbocycles. The number of phenolic OH excluding ortho intramolecular Hbond substituents is 1. The van der Waals surface area contributed by atoms with Crippen LogP contribution in [-0.4, -0.2) is 9.67 Å². The molecule has 5 heteroatoms. The van der Waals surface area contributed by atoms with Crippen molar-refractivity contribution in [1.82, 2.24) is 4.57 Å². The van der Waals surface area contributed by atoms with Crippen LogP contribution in [0, 0.1) is 11.6 Å². The van der Waals surface area contributed by atoms with Crippen LogP contribution in [0.2, 0.25) is 0 Å². The third-order valence-electron chi connectivity index (χ3n) is 3.65. The van der Waals surface area contributed by atoms with Crippen LogP contribution in [0.15, 0.2) is 47.4 Å². The summed E-state index contributed by atoms with van der Waals surface area (Å²) >= 11 is 0. The van der Waals surface area contributed by atoms with E-state index in [1.165, 1.54) is 36.5 Å². The molecular formula is C17H13F2NO2. The van der Waals surface area contributed by atoms with Crippen LogP contribution in [0.3, 0.4) is 0 Å². The van der Waals surface area contributed by atoms with Gasteiger partial charge in [0.1, 0.15) is 11.6 Å². The molecule has 3 nitrogen and oxygen atoms in total. The Morgan fingerprint density at radius 3 is 2.45 bits per heavy atom. The monoisotopic (exact) mass is 301 g/mol. The van der Waals surface area contributed by atoms with Gasteiger partial charge < -0.3 is 9.67 Å². The molecule has 1 N–H and O–H groups in total. The van der Waals surface area contributed by atoms with Crippen LogP contribution in [0.25, 0.3) is 22.0 Å². The van der Waals surface area contributed by atoms with E-state index in [9.17, 15) is 18.7 Å². The molecule has 0 unspecified atom stereocenters. The highest BCUT2D eigenvalue weighted by molar-refractivity contribution is 5.86. The number of benzene rings is 2. The Labute approximate surface area is 125 Å². The van der Waals surface area contributed by atoms with Crippen LogP contribution in [0.1, 0.15) is 6.92 Å². The Morgan fingerprint density at radius 1 is 1.14 bits per heavy atom. The first kappa shape index (κ1) is 14.3. The minimum absolute atomic E-state index is 0.0100. The summed E-state index contributed by atoms with van der Waals surface area (Å²) in [7, 11) is 0. The lowest BCUT2D eigenvalue weighted by molar-refractivity contribution is 0.475. The normalized spacial score (nSPS) is 11.0. The topological polar surface area (TPSA) is 42.2 Å². The molecule has 3 rings (SSSR count). The zero-order valence-corrected chi connectivity index (χ0v) is 11.8. The second kappa shape index (κ2) is 5.26. The minimum atomic E-state index is -0.804. The van der Waals surface area contributed by atoms with Crippen LogP contribution in [0.4, 0.5) is 8.78 Å². The lowest BCUT2D eigenvalue weighted by Crippen LogP contribution is -2.10. The summed E-state index contributed by atoms with van der Waals surface area (Å²) in [5.41, 5.74) is -0.247. The Kier molecular flexibility index (Phi) is 3.41. The van der Waals surface area contributed by atoms with Crippen LogP contribution >= 0.6 is 0 Å².